The summed E-state index contributed by atoms with van der Waals surface area (Å²) < 4.78 is 6.31. The van der Waals surface area contributed by atoms with Crippen molar-refractivity contribution >= 4 is 38.9 Å². The molecule has 0 N–H and O–H groups in total. The lowest BCUT2D eigenvalue weighted by atomic mass is 9.87. The Morgan fingerprint density at radius 2 is 1.83 bits per heavy atom. The van der Waals surface area contributed by atoms with Crippen LogP contribution in [0.15, 0.2) is 24.3 Å². The van der Waals surface area contributed by atoms with Crippen LogP contribution < -0.4 is 0 Å². The third kappa shape index (κ3) is 4.05. The van der Waals surface area contributed by atoms with E-state index in [1.165, 1.54) is 28.7 Å². The van der Waals surface area contributed by atoms with Gasteiger partial charge in [0.05, 0.1) is 5.60 Å². The van der Waals surface area contributed by atoms with Gasteiger partial charge in [-0.2, -0.15) is 0 Å². The third-order valence-electron chi connectivity index (χ3n) is 5.57. The average Bonchev–Trinajstić information content (AvgIpc) is 3.03. The number of hydrogen-bond donors (Lipinski definition) is 0. The maximum Gasteiger partial charge on any atom is 0.163 e. The molecule has 5 heteroatoms. The molecule has 1 unspecified atom stereocenters. The molecule has 1 aliphatic rings. The van der Waals surface area contributed by atoms with Crippen molar-refractivity contribution < 1.29 is 9.53 Å². The normalized spacial score (nSPS) is 15.3. The van der Waals surface area contributed by atoms with E-state index in [0.717, 1.165) is 40.1 Å². The van der Waals surface area contributed by atoms with Crippen LogP contribution in [0, 0.1) is 6.92 Å². The Bertz CT molecular complexity index is 1110. The summed E-state index contributed by atoms with van der Waals surface area (Å²) in [6.45, 7) is 9.56. The van der Waals surface area contributed by atoms with Crippen molar-refractivity contribution in [3.63, 3.8) is 0 Å². The van der Waals surface area contributed by atoms with E-state index < -0.39 is 11.7 Å². The smallest absolute Gasteiger partial charge is 0.163 e. The number of hydrogen-bond acceptors (Lipinski definition) is 4. The number of Topliss-reactive ketones (excluding diaryl/α,β-unsaturated/α-hetero) is 1. The zero-order valence-corrected chi connectivity index (χ0v) is 19.8. The lowest BCUT2D eigenvalue weighted by Gasteiger charge is -2.29. The van der Waals surface area contributed by atoms with Crippen LogP contribution in [-0.2, 0) is 22.4 Å². The summed E-state index contributed by atoms with van der Waals surface area (Å²) in [7, 11) is 0. The summed E-state index contributed by atoms with van der Waals surface area (Å²) in [5.74, 6) is -0.00603. The lowest BCUT2D eigenvalue weighted by molar-refractivity contribution is -0.138. The van der Waals surface area contributed by atoms with Crippen LogP contribution in [0.2, 0.25) is 5.02 Å². The Morgan fingerprint density at radius 1 is 1.17 bits per heavy atom. The van der Waals surface area contributed by atoms with Gasteiger partial charge in [-0.05, 0) is 83.6 Å². The summed E-state index contributed by atoms with van der Waals surface area (Å²) in [6.07, 6.45) is 3.93. The maximum absolute atomic E-state index is 12.8. The highest BCUT2D eigenvalue weighted by molar-refractivity contribution is 7.19. The molecule has 0 fully saturated rings. The van der Waals surface area contributed by atoms with Gasteiger partial charge in [0.1, 0.15) is 10.9 Å². The standard InChI is InChI=1S/C25H28ClNO2S/c1-14-20(23(15(2)28)29-25(3,4)5)21(16-10-12-17(26)13-11-16)22-18-8-6-7-9-19(18)30-24(22)27-14/h10-13,23H,6-9H2,1-5H3. The Labute approximate surface area is 187 Å². The first kappa shape index (κ1) is 21.5. The zero-order valence-electron chi connectivity index (χ0n) is 18.3. The first-order valence-corrected chi connectivity index (χ1v) is 11.7. The molecule has 0 amide bonds. The van der Waals surface area contributed by atoms with Crippen molar-refractivity contribution in [2.45, 2.75) is 72.0 Å². The number of ether oxygens (including phenoxy) is 1. The number of pyridine rings is 1. The third-order valence-corrected chi connectivity index (χ3v) is 7.00. The number of rotatable bonds is 4. The van der Waals surface area contributed by atoms with Crippen molar-refractivity contribution in [1.82, 2.24) is 4.98 Å². The maximum atomic E-state index is 12.8. The summed E-state index contributed by atoms with van der Waals surface area (Å²) in [5, 5.41) is 1.89. The molecule has 0 saturated carbocycles. The van der Waals surface area contributed by atoms with Crippen molar-refractivity contribution in [3.05, 3.63) is 51.0 Å². The molecule has 2 aromatic heterocycles. The number of aryl methyl sites for hydroxylation is 3. The molecule has 1 atom stereocenters. The molecule has 0 bridgehead atoms. The van der Waals surface area contributed by atoms with Gasteiger partial charge in [-0.1, -0.05) is 23.7 Å². The molecule has 4 rings (SSSR count). The van der Waals surface area contributed by atoms with E-state index in [0.29, 0.717) is 5.02 Å². The highest BCUT2D eigenvalue weighted by Crippen LogP contribution is 2.45. The van der Waals surface area contributed by atoms with Crippen molar-refractivity contribution in [2.75, 3.05) is 0 Å². The van der Waals surface area contributed by atoms with E-state index in [9.17, 15) is 4.79 Å². The van der Waals surface area contributed by atoms with Gasteiger partial charge in [-0.3, -0.25) is 4.79 Å². The van der Waals surface area contributed by atoms with Crippen molar-refractivity contribution in [1.29, 1.82) is 0 Å². The van der Waals surface area contributed by atoms with Crippen LogP contribution in [-0.4, -0.2) is 16.4 Å². The number of fused-ring (bicyclic) bond motifs is 3. The second-order valence-corrected chi connectivity index (χ2v) is 10.6. The molecular weight excluding hydrogens is 414 g/mol. The number of halogens is 1. The lowest BCUT2D eigenvalue weighted by Crippen LogP contribution is -2.27. The SMILES string of the molecule is CC(=O)C(OC(C)(C)C)c1c(C)nc2sc3c(c2c1-c1ccc(Cl)cc1)CCCC3. The Balaban J connectivity index is 2.08. The fraction of sp³-hybridized carbons (Fsp3) is 0.440. The van der Waals surface area contributed by atoms with Gasteiger partial charge in [0.2, 0.25) is 0 Å². The molecule has 30 heavy (non-hydrogen) atoms. The largest absolute Gasteiger partial charge is 0.360 e. The minimum Gasteiger partial charge on any atom is -0.360 e. The fourth-order valence-corrected chi connectivity index (χ4v) is 5.80. The van der Waals surface area contributed by atoms with Gasteiger partial charge in [-0.25, -0.2) is 4.98 Å². The number of ketones is 1. The topological polar surface area (TPSA) is 39.2 Å². The summed E-state index contributed by atoms with van der Waals surface area (Å²) >= 11 is 8.00. The molecule has 1 aliphatic carbocycles. The molecule has 0 aliphatic heterocycles. The minimum absolute atomic E-state index is 0.00603. The number of carbonyl (C=O) groups is 1. The molecule has 3 aromatic rings. The number of benzene rings is 1. The second kappa shape index (κ2) is 8.07. The first-order valence-electron chi connectivity index (χ1n) is 10.5. The molecule has 3 nitrogen and oxygen atoms in total. The van der Waals surface area contributed by atoms with Crippen LogP contribution in [0.5, 0.6) is 0 Å². The van der Waals surface area contributed by atoms with Crippen LogP contribution in [0.1, 0.15) is 68.3 Å². The summed E-state index contributed by atoms with van der Waals surface area (Å²) in [6, 6.07) is 7.91. The molecular formula is C25H28ClNO2S. The van der Waals surface area contributed by atoms with E-state index in [1.807, 2.05) is 52.0 Å². The van der Waals surface area contributed by atoms with E-state index in [2.05, 4.69) is 0 Å². The Hall–Kier alpha value is -1.75. The Kier molecular flexibility index (Phi) is 5.78. The summed E-state index contributed by atoms with van der Waals surface area (Å²) in [4.78, 5) is 20.3. The van der Waals surface area contributed by atoms with Crippen molar-refractivity contribution in [3.8, 4) is 11.1 Å². The number of aromatic nitrogens is 1. The number of carbonyl (C=O) groups excluding carboxylic acids is 1. The Morgan fingerprint density at radius 3 is 2.47 bits per heavy atom. The van der Waals surface area contributed by atoms with Crippen LogP contribution in [0.4, 0.5) is 0 Å². The van der Waals surface area contributed by atoms with Crippen LogP contribution in [0.25, 0.3) is 21.3 Å². The molecule has 0 radical (unpaired) electrons. The predicted octanol–water partition coefficient (Wildman–Crippen LogP) is 7.25. The highest BCUT2D eigenvalue weighted by atomic mass is 35.5. The number of thiophene rings is 1. The average molecular weight is 442 g/mol. The monoisotopic (exact) mass is 441 g/mol. The van der Waals surface area contributed by atoms with Gasteiger partial charge in [0.25, 0.3) is 0 Å². The first-order chi connectivity index (χ1) is 14.2. The van der Waals surface area contributed by atoms with E-state index in [-0.39, 0.29) is 5.78 Å². The van der Waals surface area contributed by atoms with E-state index >= 15 is 0 Å². The van der Waals surface area contributed by atoms with Gasteiger partial charge in [0.15, 0.2) is 5.78 Å². The molecule has 0 saturated heterocycles. The predicted molar refractivity (Wildman–Crippen MR) is 126 cm³/mol. The molecule has 0 spiro atoms. The van der Waals surface area contributed by atoms with Crippen LogP contribution >= 0.6 is 22.9 Å². The van der Waals surface area contributed by atoms with Crippen LogP contribution in [0.3, 0.4) is 0 Å². The highest BCUT2D eigenvalue weighted by Gasteiger charge is 2.32. The van der Waals surface area contributed by atoms with E-state index in [1.54, 1.807) is 18.3 Å². The molecule has 2 heterocycles. The van der Waals surface area contributed by atoms with Crippen molar-refractivity contribution in [2.24, 2.45) is 0 Å². The van der Waals surface area contributed by atoms with Gasteiger partial charge < -0.3 is 4.74 Å². The molecule has 158 valence electrons. The minimum atomic E-state index is -0.660. The molecule has 1 aromatic carbocycles. The number of nitrogens with zero attached hydrogens (tertiary/aromatic N) is 1. The fourth-order valence-electron chi connectivity index (χ4n) is 4.35. The van der Waals surface area contributed by atoms with Gasteiger partial charge in [-0.15, -0.1) is 11.3 Å². The quantitative estimate of drug-likeness (QED) is 0.428. The zero-order chi connectivity index (χ0) is 21.6. The van der Waals surface area contributed by atoms with E-state index in [4.69, 9.17) is 21.3 Å². The van der Waals surface area contributed by atoms with Gasteiger partial charge >= 0.3 is 0 Å². The van der Waals surface area contributed by atoms with Gasteiger partial charge in [0, 0.05) is 32.1 Å². The summed E-state index contributed by atoms with van der Waals surface area (Å²) in [5.41, 5.74) is 4.83. The second-order valence-electron chi connectivity index (χ2n) is 9.10.